The number of fused-ring (bicyclic) bond motifs is 5. The number of hydrogen-bond acceptors (Lipinski definition) is 2. The number of carbonyl (C=O) groups excluding carboxylic acids is 1. The normalized spacial score (nSPS) is 36.2. The Morgan fingerprint density at radius 1 is 1.20 bits per heavy atom. The van der Waals surface area contributed by atoms with Crippen molar-refractivity contribution in [3.63, 3.8) is 0 Å². The van der Waals surface area contributed by atoms with Gasteiger partial charge in [0.15, 0.2) is 11.6 Å². The van der Waals surface area contributed by atoms with Crippen molar-refractivity contribution in [2.45, 2.75) is 65.2 Å². The van der Waals surface area contributed by atoms with Gasteiger partial charge in [-0.15, -0.1) is 0 Å². The molecule has 0 amide bonds. The molecule has 3 aliphatic rings. The van der Waals surface area contributed by atoms with Gasteiger partial charge in [0, 0.05) is 11.8 Å². The summed E-state index contributed by atoms with van der Waals surface area (Å²) in [5.74, 6) is 1.88. The number of hydrogen-bond donors (Lipinski definition) is 0. The van der Waals surface area contributed by atoms with Gasteiger partial charge in [0.05, 0.1) is 7.11 Å². The predicted molar refractivity (Wildman–Crippen MR) is 96.4 cm³/mol. The van der Waals surface area contributed by atoms with Gasteiger partial charge in [-0.1, -0.05) is 20.8 Å². The lowest BCUT2D eigenvalue weighted by atomic mass is 9.47. The lowest BCUT2D eigenvalue weighted by molar-refractivity contribution is -0.146. The minimum absolute atomic E-state index is 0.0919. The molecule has 2 saturated carbocycles. The van der Waals surface area contributed by atoms with Gasteiger partial charge in [-0.25, -0.2) is 4.39 Å². The SMILES string of the molecule is COc1cc2c(cc1F)[C@H]1CC[C@]3(C)C(=O)CC(C)(C)C[C@H]3[C@H]1CC2. The monoisotopic (exact) mass is 344 g/mol. The Bertz CT molecular complexity index is 723. The fourth-order valence-electron chi connectivity index (χ4n) is 6.07. The zero-order valence-corrected chi connectivity index (χ0v) is 15.8. The van der Waals surface area contributed by atoms with Crippen LogP contribution in [0.2, 0.25) is 0 Å². The van der Waals surface area contributed by atoms with Crippen LogP contribution < -0.4 is 4.74 Å². The summed E-state index contributed by atoms with van der Waals surface area (Å²) >= 11 is 0. The lowest BCUT2D eigenvalue weighted by Crippen LogP contribution is -2.52. The van der Waals surface area contributed by atoms with Gasteiger partial charge in [0.2, 0.25) is 0 Å². The summed E-state index contributed by atoms with van der Waals surface area (Å²) in [5.41, 5.74) is 2.34. The molecule has 2 nitrogen and oxygen atoms in total. The van der Waals surface area contributed by atoms with E-state index in [9.17, 15) is 9.18 Å². The van der Waals surface area contributed by atoms with Crippen LogP contribution in [-0.2, 0) is 11.2 Å². The van der Waals surface area contributed by atoms with Gasteiger partial charge < -0.3 is 4.74 Å². The zero-order chi connectivity index (χ0) is 18.0. The lowest BCUT2D eigenvalue weighted by Gasteiger charge is -2.56. The first-order valence-electron chi connectivity index (χ1n) is 9.65. The Morgan fingerprint density at radius 2 is 1.96 bits per heavy atom. The molecule has 0 radical (unpaired) electrons. The van der Waals surface area contributed by atoms with E-state index in [4.69, 9.17) is 4.74 Å². The van der Waals surface area contributed by atoms with E-state index in [1.54, 1.807) is 6.07 Å². The van der Waals surface area contributed by atoms with Gasteiger partial charge in [-0.05, 0) is 78.5 Å². The molecule has 25 heavy (non-hydrogen) atoms. The van der Waals surface area contributed by atoms with E-state index < -0.39 is 0 Å². The Balaban J connectivity index is 1.73. The molecular weight excluding hydrogens is 315 g/mol. The van der Waals surface area contributed by atoms with E-state index in [1.165, 1.54) is 18.2 Å². The number of methoxy groups -OCH3 is 1. The Labute approximate surface area is 150 Å². The summed E-state index contributed by atoms with van der Waals surface area (Å²) in [6.07, 6.45) is 5.85. The van der Waals surface area contributed by atoms with Gasteiger partial charge in [0.25, 0.3) is 0 Å². The predicted octanol–water partition coefficient (Wildman–Crippen LogP) is 5.29. The summed E-state index contributed by atoms with van der Waals surface area (Å²) in [6, 6.07) is 3.61. The van der Waals surface area contributed by atoms with Gasteiger partial charge in [0.1, 0.15) is 5.78 Å². The van der Waals surface area contributed by atoms with Crippen molar-refractivity contribution < 1.29 is 13.9 Å². The molecule has 2 fully saturated rings. The molecule has 0 spiro atoms. The van der Waals surface area contributed by atoms with Gasteiger partial charge in [-0.3, -0.25) is 4.79 Å². The highest BCUT2D eigenvalue weighted by atomic mass is 19.1. The molecule has 1 aromatic carbocycles. The largest absolute Gasteiger partial charge is 0.494 e. The summed E-state index contributed by atoms with van der Waals surface area (Å²) < 4.78 is 19.5. The molecule has 0 aliphatic heterocycles. The van der Waals surface area contributed by atoms with Gasteiger partial charge in [-0.2, -0.15) is 0 Å². The summed E-state index contributed by atoms with van der Waals surface area (Å²) in [5, 5.41) is 0. The standard InChI is InChI=1S/C22H29FO2/c1-21(2)11-17-15-6-5-13-9-19(25-4)18(23)10-16(13)14(15)7-8-22(17,3)20(24)12-21/h9-10,14-15,17H,5-8,11-12H2,1-4H3/t14-,15-,17-,22-/m0/s1. The summed E-state index contributed by atoms with van der Waals surface area (Å²) in [7, 11) is 1.53. The van der Waals surface area contributed by atoms with E-state index in [0.29, 0.717) is 35.7 Å². The van der Waals surface area contributed by atoms with Crippen molar-refractivity contribution >= 4 is 5.78 Å². The molecule has 0 N–H and O–H groups in total. The topological polar surface area (TPSA) is 26.3 Å². The first-order valence-corrected chi connectivity index (χ1v) is 9.65. The third-order valence-electron chi connectivity index (χ3n) is 7.44. The van der Waals surface area contributed by atoms with E-state index in [0.717, 1.165) is 32.1 Å². The van der Waals surface area contributed by atoms with Crippen LogP contribution in [-0.4, -0.2) is 12.9 Å². The fourth-order valence-corrected chi connectivity index (χ4v) is 6.07. The second-order valence-electron chi connectivity index (χ2n) is 9.53. The van der Waals surface area contributed by atoms with Crippen LogP contribution in [0, 0.1) is 28.5 Å². The van der Waals surface area contributed by atoms with Crippen LogP contribution in [0.25, 0.3) is 0 Å². The number of halogens is 1. The Kier molecular flexibility index (Phi) is 3.79. The first kappa shape index (κ1) is 17.1. The van der Waals surface area contributed by atoms with Crippen LogP contribution in [0.5, 0.6) is 5.75 Å². The summed E-state index contributed by atoms with van der Waals surface area (Å²) in [6.45, 7) is 6.67. The molecule has 4 rings (SSSR count). The number of Topliss-reactive ketones (excluding diaryl/α,β-unsaturated/α-hetero) is 1. The number of rotatable bonds is 1. The minimum atomic E-state index is -0.254. The third kappa shape index (κ3) is 2.53. The maximum absolute atomic E-state index is 14.4. The van der Waals surface area contributed by atoms with Crippen molar-refractivity contribution in [2.24, 2.45) is 22.7 Å². The fraction of sp³-hybridized carbons (Fsp3) is 0.682. The minimum Gasteiger partial charge on any atom is -0.494 e. The van der Waals surface area contributed by atoms with Crippen molar-refractivity contribution in [1.29, 1.82) is 0 Å². The third-order valence-corrected chi connectivity index (χ3v) is 7.44. The van der Waals surface area contributed by atoms with Crippen molar-refractivity contribution in [3.8, 4) is 5.75 Å². The van der Waals surface area contributed by atoms with Crippen molar-refractivity contribution in [1.82, 2.24) is 0 Å². The van der Waals surface area contributed by atoms with Crippen LogP contribution in [0.1, 0.15) is 69.9 Å². The van der Waals surface area contributed by atoms with Crippen molar-refractivity contribution in [2.75, 3.05) is 7.11 Å². The molecule has 1 aromatic rings. The van der Waals surface area contributed by atoms with Gasteiger partial charge >= 0.3 is 0 Å². The van der Waals surface area contributed by atoms with Crippen LogP contribution in [0.15, 0.2) is 12.1 Å². The molecule has 136 valence electrons. The molecular formula is C22H29FO2. The Hall–Kier alpha value is -1.38. The van der Waals surface area contributed by atoms with E-state index in [1.807, 2.05) is 6.07 Å². The number of carbonyl (C=O) groups is 1. The van der Waals surface area contributed by atoms with Crippen LogP contribution in [0.3, 0.4) is 0 Å². The Morgan fingerprint density at radius 3 is 2.68 bits per heavy atom. The number of ether oxygens (including phenoxy) is 1. The molecule has 0 aromatic heterocycles. The number of benzene rings is 1. The molecule has 0 saturated heterocycles. The first-order chi connectivity index (χ1) is 11.7. The smallest absolute Gasteiger partial charge is 0.165 e. The molecule has 3 aliphatic carbocycles. The number of ketones is 1. The highest BCUT2D eigenvalue weighted by Gasteiger charge is 2.56. The van der Waals surface area contributed by atoms with Crippen LogP contribution in [0.4, 0.5) is 4.39 Å². The summed E-state index contributed by atoms with van der Waals surface area (Å²) in [4.78, 5) is 12.9. The maximum atomic E-state index is 14.4. The molecule has 0 bridgehead atoms. The second-order valence-corrected chi connectivity index (χ2v) is 9.53. The maximum Gasteiger partial charge on any atom is 0.165 e. The molecule has 0 heterocycles. The highest BCUT2D eigenvalue weighted by Crippen LogP contribution is 2.61. The van der Waals surface area contributed by atoms with Crippen molar-refractivity contribution in [3.05, 3.63) is 29.1 Å². The van der Waals surface area contributed by atoms with E-state index >= 15 is 0 Å². The van der Waals surface area contributed by atoms with E-state index in [-0.39, 0.29) is 16.6 Å². The second kappa shape index (κ2) is 5.56. The average molecular weight is 344 g/mol. The number of aryl methyl sites for hydroxylation is 1. The quantitative estimate of drug-likeness (QED) is 0.692. The molecule has 4 atom stereocenters. The average Bonchev–Trinajstić information content (AvgIpc) is 2.55. The van der Waals surface area contributed by atoms with Crippen LogP contribution >= 0.6 is 0 Å². The molecule has 0 unspecified atom stereocenters. The highest BCUT2D eigenvalue weighted by molar-refractivity contribution is 5.86. The van der Waals surface area contributed by atoms with E-state index in [2.05, 4.69) is 20.8 Å². The molecule has 3 heteroatoms. The zero-order valence-electron chi connectivity index (χ0n) is 15.8.